The number of aromatic nitrogens is 1. The number of benzene rings is 1. The fourth-order valence-electron chi connectivity index (χ4n) is 2.46. The third-order valence-corrected chi connectivity index (χ3v) is 4.55. The highest BCUT2D eigenvalue weighted by atomic mass is 32.1. The summed E-state index contributed by atoms with van der Waals surface area (Å²) in [6, 6.07) is 9.34. The van der Waals surface area contributed by atoms with Crippen LogP contribution in [0, 0.1) is 5.92 Å². The van der Waals surface area contributed by atoms with Crippen LogP contribution in [0.4, 0.5) is 4.79 Å². The van der Waals surface area contributed by atoms with Crippen LogP contribution in [-0.4, -0.2) is 41.4 Å². The van der Waals surface area contributed by atoms with Gasteiger partial charge in [-0.3, -0.25) is 4.98 Å². The van der Waals surface area contributed by atoms with Crippen molar-refractivity contribution in [2.75, 3.05) is 13.1 Å². The molecule has 0 saturated heterocycles. The molecule has 2 atom stereocenters. The molecule has 26 heavy (non-hydrogen) atoms. The van der Waals surface area contributed by atoms with Crippen molar-refractivity contribution in [1.29, 1.82) is 0 Å². The molecule has 2 unspecified atom stereocenters. The highest BCUT2D eigenvalue weighted by Crippen LogP contribution is 2.09. The smallest absolute Gasteiger partial charge is 0.407 e. The van der Waals surface area contributed by atoms with E-state index in [4.69, 9.17) is 4.74 Å². The Kier molecular flexibility index (Phi) is 8.53. The van der Waals surface area contributed by atoms with Gasteiger partial charge in [0.05, 0.1) is 22.5 Å². The Bertz CT molecular complexity index is 635. The Morgan fingerprint density at radius 1 is 1.27 bits per heavy atom. The first-order valence-electron chi connectivity index (χ1n) is 8.78. The molecule has 6 nitrogen and oxygen atoms in total. The first-order valence-corrected chi connectivity index (χ1v) is 9.66. The van der Waals surface area contributed by atoms with Gasteiger partial charge in [-0.05, 0) is 24.4 Å². The predicted molar refractivity (Wildman–Crippen MR) is 103 cm³/mol. The lowest BCUT2D eigenvalue weighted by Crippen LogP contribution is -2.49. The van der Waals surface area contributed by atoms with Crippen molar-refractivity contribution >= 4 is 17.4 Å². The SMILES string of the molecule is CC(C)CNCC(O)C(Cc1ccccc1)NC(=O)OCc1cncs1. The summed E-state index contributed by atoms with van der Waals surface area (Å²) in [4.78, 5) is 17.0. The van der Waals surface area contributed by atoms with E-state index < -0.39 is 18.2 Å². The summed E-state index contributed by atoms with van der Waals surface area (Å²) in [5.41, 5.74) is 2.74. The number of nitrogens with zero attached hydrogens (tertiary/aromatic N) is 1. The summed E-state index contributed by atoms with van der Waals surface area (Å²) in [5.74, 6) is 0.493. The molecule has 0 bridgehead atoms. The van der Waals surface area contributed by atoms with Gasteiger partial charge in [-0.15, -0.1) is 11.3 Å². The second-order valence-corrected chi connectivity index (χ2v) is 7.57. The molecule has 2 rings (SSSR count). The molecule has 0 radical (unpaired) electrons. The maximum absolute atomic E-state index is 12.1. The predicted octanol–water partition coefficient (Wildman–Crippen LogP) is 2.59. The molecular weight excluding hydrogens is 350 g/mol. The highest BCUT2D eigenvalue weighted by Gasteiger charge is 2.22. The Morgan fingerprint density at radius 3 is 2.69 bits per heavy atom. The van der Waals surface area contributed by atoms with Crippen LogP contribution in [0.2, 0.25) is 0 Å². The van der Waals surface area contributed by atoms with Crippen LogP contribution in [0.15, 0.2) is 42.0 Å². The lowest BCUT2D eigenvalue weighted by Gasteiger charge is -2.24. The number of ether oxygens (including phenoxy) is 1. The summed E-state index contributed by atoms with van der Waals surface area (Å²) in [6.07, 6.45) is 0.942. The standard InChI is InChI=1S/C19H27N3O3S/c1-14(2)9-20-11-18(23)17(8-15-6-4-3-5-7-15)22-19(24)25-12-16-10-21-13-26-16/h3-7,10,13-14,17-18,20,23H,8-9,11-12H2,1-2H3,(H,22,24). The van der Waals surface area contributed by atoms with Gasteiger partial charge in [0.2, 0.25) is 0 Å². The lowest BCUT2D eigenvalue weighted by molar-refractivity contribution is 0.101. The van der Waals surface area contributed by atoms with Crippen molar-refractivity contribution < 1.29 is 14.6 Å². The van der Waals surface area contributed by atoms with Gasteiger partial charge in [-0.2, -0.15) is 0 Å². The van der Waals surface area contributed by atoms with Crippen LogP contribution in [0.5, 0.6) is 0 Å². The van der Waals surface area contributed by atoms with E-state index in [0.29, 0.717) is 18.9 Å². The van der Waals surface area contributed by atoms with Crippen molar-refractivity contribution in [1.82, 2.24) is 15.6 Å². The van der Waals surface area contributed by atoms with E-state index >= 15 is 0 Å². The molecule has 0 fully saturated rings. The van der Waals surface area contributed by atoms with Gasteiger partial charge in [-0.1, -0.05) is 44.2 Å². The fraction of sp³-hybridized carbons (Fsp3) is 0.474. The molecule has 1 aromatic carbocycles. The second-order valence-electron chi connectivity index (χ2n) is 6.60. The number of aliphatic hydroxyl groups is 1. The minimum atomic E-state index is -0.718. The largest absolute Gasteiger partial charge is 0.444 e. The number of hydrogen-bond acceptors (Lipinski definition) is 6. The number of nitrogens with one attached hydrogen (secondary N) is 2. The minimum Gasteiger partial charge on any atom is -0.444 e. The normalized spacial score (nSPS) is 13.4. The average molecular weight is 378 g/mol. The van der Waals surface area contributed by atoms with Gasteiger partial charge < -0.3 is 20.5 Å². The van der Waals surface area contributed by atoms with Gasteiger partial charge in [0.1, 0.15) is 6.61 Å². The summed E-state index contributed by atoms with van der Waals surface area (Å²) >= 11 is 1.43. The molecule has 2 aromatic rings. The number of thiazole rings is 1. The molecule has 142 valence electrons. The van der Waals surface area contributed by atoms with Gasteiger partial charge in [-0.25, -0.2) is 4.79 Å². The average Bonchev–Trinajstić information content (AvgIpc) is 3.13. The van der Waals surface area contributed by atoms with Crippen molar-refractivity contribution in [2.24, 2.45) is 5.92 Å². The van der Waals surface area contributed by atoms with E-state index in [1.165, 1.54) is 11.3 Å². The minimum absolute atomic E-state index is 0.177. The number of alkyl carbamates (subject to hydrolysis) is 1. The third kappa shape index (κ3) is 7.51. The molecule has 0 aliphatic rings. The Hall–Kier alpha value is -1.96. The Morgan fingerprint density at radius 2 is 2.04 bits per heavy atom. The van der Waals surface area contributed by atoms with Gasteiger partial charge in [0.25, 0.3) is 0 Å². The van der Waals surface area contributed by atoms with Crippen molar-refractivity contribution in [3.05, 3.63) is 52.5 Å². The first-order chi connectivity index (χ1) is 12.5. The topological polar surface area (TPSA) is 83.5 Å². The summed E-state index contributed by atoms with van der Waals surface area (Å²) in [6.45, 7) is 5.61. The van der Waals surface area contributed by atoms with E-state index in [2.05, 4.69) is 29.5 Å². The molecule has 1 aromatic heterocycles. The molecule has 0 aliphatic heterocycles. The quantitative estimate of drug-likeness (QED) is 0.593. The zero-order valence-corrected chi connectivity index (χ0v) is 16.0. The maximum atomic E-state index is 12.1. The molecule has 0 aliphatic carbocycles. The van der Waals surface area contributed by atoms with Crippen molar-refractivity contribution in [3.8, 4) is 0 Å². The molecule has 3 N–H and O–H groups in total. The van der Waals surface area contributed by atoms with E-state index in [1.54, 1.807) is 11.7 Å². The number of amides is 1. The molecule has 7 heteroatoms. The number of rotatable bonds is 10. The van der Waals surface area contributed by atoms with E-state index in [9.17, 15) is 9.90 Å². The maximum Gasteiger partial charge on any atom is 0.407 e. The first kappa shape index (κ1) is 20.4. The van der Waals surface area contributed by atoms with E-state index in [-0.39, 0.29) is 6.61 Å². The zero-order chi connectivity index (χ0) is 18.8. The summed E-state index contributed by atoms with van der Waals surface area (Å²) in [7, 11) is 0. The van der Waals surface area contributed by atoms with Crippen LogP contribution >= 0.6 is 11.3 Å². The summed E-state index contributed by atoms with van der Waals surface area (Å²) < 4.78 is 5.24. The van der Waals surface area contributed by atoms with Gasteiger partial charge >= 0.3 is 6.09 Å². The van der Waals surface area contributed by atoms with Crippen LogP contribution in [0.3, 0.4) is 0 Å². The van der Waals surface area contributed by atoms with Crippen LogP contribution in [0.25, 0.3) is 0 Å². The highest BCUT2D eigenvalue weighted by molar-refractivity contribution is 7.09. The van der Waals surface area contributed by atoms with Gasteiger partial charge in [0.15, 0.2) is 0 Å². The van der Waals surface area contributed by atoms with Crippen molar-refractivity contribution in [3.63, 3.8) is 0 Å². The van der Waals surface area contributed by atoms with Crippen LogP contribution in [0.1, 0.15) is 24.3 Å². The van der Waals surface area contributed by atoms with E-state index in [0.717, 1.165) is 17.0 Å². The number of carbonyl (C=O) groups excluding carboxylic acids is 1. The fourth-order valence-corrected chi connectivity index (χ4v) is 2.96. The van der Waals surface area contributed by atoms with Crippen molar-refractivity contribution in [2.45, 2.75) is 39.0 Å². The monoisotopic (exact) mass is 377 g/mol. The van der Waals surface area contributed by atoms with Gasteiger partial charge in [0, 0.05) is 12.7 Å². The molecule has 0 spiro atoms. The number of hydrogen-bond donors (Lipinski definition) is 3. The van der Waals surface area contributed by atoms with Crippen LogP contribution < -0.4 is 10.6 Å². The lowest BCUT2D eigenvalue weighted by atomic mass is 10.0. The van der Waals surface area contributed by atoms with Crippen LogP contribution in [-0.2, 0) is 17.8 Å². The third-order valence-electron chi connectivity index (χ3n) is 3.80. The summed E-state index contributed by atoms with van der Waals surface area (Å²) in [5, 5.41) is 16.6. The van der Waals surface area contributed by atoms with E-state index in [1.807, 2.05) is 30.3 Å². The molecular formula is C19H27N3O3S. The number of carbonyl (C=O) groups is 1. The number of aliphatic hydroxyl groups excluding tert-OH is 1. The molecule has 1 amide bonds. The Balaban J connectivity index is 1.91. The Labute approximate surface area is 158 Å². The molecule has 1 heterocycles. The molecule has 0 saturated carbocycles. The second kappa shape index (κ2) is 10.9. The zero-order valence-electron chi connectivity index (χ0n) is 15.2.